The second kappa shape index (κ2) is 7.32. The van der Waals surface area contributed by atoms with Gasteiger partial charge in [-0.25, -0.2) is 0 Å². The van der Waals surface area contributed by atoms with E-state index < -0.39 is 0 Å². The van der Waals surface area contributed by atoms with Gasteiger partial charge in [0.2, 0.25) is 5.91 Å². The zero-order valence-electron chi connectivity index (χ0n) is 13.9. The monoisotopic (exact) mass is 319 g/mol. The number of methoxy groups -OCH3 is 2. The minimum atomic E-state index is 0.165. The molecule has 0 radical (unpaired) electrons. The molecule has 2 aliphatic heterocycles. The van der Waals surface area contributed by atoms with Crippen LogP contribution in [0.1, 0.15) is 24.8 Å². The zero-order chi connectivity index (χ0) is 16.2. The predicted octanol–water partition coefficient (Wildman–Crippen LogP) is 2.03. The van der Waals surface area contributed by atoms with Crippen molar-refractivity contribution in [2.45, 2.75) is 43.9 Å². The number of carbonyl (C=O) groups excluding carboxylic acids is 1. The summed E-state index contributed by atoms with van der Waals surface area (Å²) in [6, 6.07) is 7.94. The van der Waals surface area contributed by atoms with Gasteiger partial charge in [-0.3, -0.25) is 4.79 Å². The molecule has 2 fully saturated rings. The molecule has 1 aromatic carbocycles. The van der Waals surface area contributed by atoms with Crippen LogP contribution in [0.25, 0.3) is 0 Å². The molecule has 2 heterocycles. The minimum Gasteiger partial charge on any atom is -0.497 e. The first-order valence-electron chi connectivity index (χ1n) is 8.28. The van der Waals surface area contributed by atoms with Crippen LogP contribution in [0.5, 0.6) is 5.75 Å². The Morgan fingerprint density at radius 3 is 2.96 bits per heavy atom. The molecular formula is C18H25NO4. The average molecular weight is 319 g/mol. The summed E-state index contributed by atoms with van der Waals surface area (Å²) < 4.78 is 16.5. The van der Waals surface area contributed by atoms with Gasteiger partial charge in [-0.05, 0) is 37.0 Å². The van der Waals surface area contributed by atoms with Crippen molar-refractivity contribution in [2.75, 3.05) is 27.4 Å². The second-order valence-electron chi connectivity index (χ2n) is 6.30. The third kappa shape index (κ3) is 3.67. The maximum absolute atomic E-state index is 12.7. The van der Waals surface area contributed by atoms with Crippen LogP contribution >= 0.6 is 0 Å². The number of likely N-dealkylation sites (tertiary alicyclic amines) is 1. The molecule has 2 saturated heterocycles. The standard InChI is InChI=1S/C18H25NO4/c1-21-12-15-6-7-16-17(23-15)8-9-19(16)18(20)11-13-4-3-5-14(10-13)22-2/h3-5,10,15-17H,6-9,11-12H2,1-2H3/t15-,16-,17-/m0/s1. The predicted molar refractivity (Wildman–Crippen MR) is 86.6 cm³/mol. The molecule has 2 aliphatic rings. The van der Waals surface area contributed by atoms with Gasteiger partial charge in [0.1, 0.15) is 5.75 Å². The number of fused-ring (bicyclic) bond motifs is 1. The highest BCUT2D eigenvalue weighted by atomic mass is 16.5. The smallest absolute Gasteiger partial charge is 0.227 e. The average Bonchev–Trinajstić information content (AvgIpc) is 2.98. The molecule has 0 unspecified atom stereocenters. The molecule has 23 heavy (non-hydrogen) atoms. The Labute approximate surface area is 137 Å². The van der Waals surface area contributed by atoms with Crippen LogP contribution in [0, 0.1) is 0 Å². The first-order valence-corrected chi connectivity index (χ1v) is 8.28. The maximum Gasteiger partial charge on any atom is 0.227 e. The van der Waals surface area contributed by atoms with E-state index in [9.17, 15) is 4.79 Å². The summed E-state index contributed by atoms with van der Waals surface area (Å²) in [4.78, 5) is 14.7. The van der Waals surface area contributed by atoms with Crippen molar-refractivity contribution in [3.05, 3.63) is 29.8 Å². The third-order valence-corrected chi connectivity index (χ3v) is 4.80. The Kier molecular flexibility index (Phi) is 5.18. The molecule has 0 aliphatic carbocycles. The molecule has 0 saturated carbocycles. The van der Waals surface area contributed by atoms with E-state index in [4.69, 9.17) is 14.2 Å². The summed E-state index contributed by atoms with van der Waals surface area (Å²) in [6.07, 6.45) is 3.64. The molecule has 126 valence electrons. The van der Waals surface area contributed by atoms with Crippen LogP contribution in [0.3, 0.4) is 0 Å². The van der Waals surface area contributed by atoms with Crippen molar-refractivity contribution in [1.82, 2.24) is 4.90 Å². The number of hydrogen-bond donors (Lipinski definition) is 0. The number of carbonyl (C=O) groups is 1. The summed E-state index contributed by atoms with van der Waals surface area (Å²) in [6.45, 7) is 1.43. The summed E-state index contributed by atoms with van der Waals surface area (Å²) in [5, 5.41) is 0. The van der Waals surface area contributed by atoms with E-state index in [0.717, 1.165) is 37.1 Å². The number of ether oxygens (including phenoxy) is 3. The quantitative estimate of drug-likeness (QED) is 0.833. The lowest BCUT2D eigenvalue weighted by molar-refractivity contribution is -0.137. The van der Waals surface area contributed by atoms with Gasteiger partial charge in [0, 0.05) is 13.7 Å². The fourth-order valence-corrected chi connectivity index (χ4v) is 3.67. The van der Waals surface area contributed by atoms with Crippen molar-refractivity contribution < 1.29 is 19.0 Å². The van der Waals surface area contributed by atoms with Crippen molar-refractivity contribution >= 4 is 5.91 Å². The van der Waals surface area contributed by atoms with Crippen LogP contribution in [0.4, 0.5) is 0 Å². The molecule has 3 rings (SSSR count). The summed E-state index contributed by atoms with van der Waals surface area (Å²) in [7, 11) is 3.34. The highest BCUT2D eigenvalue weighted by Crippen LogP contribution is 2.32. The zero-order valence-corrected chi connectivity index (χ0v) is 13.9. The van der Waals surface area contributed by atoms with Crippen molar-refractivity contribution in [2.24, 2.45) is 0 Å². The van der Waals surface area contributed by atoms with Gasteiger partial charge in [0.05, 0.1) is 38.4 Å². The van der Waals surface area contributed by atoms with Gasteiger partial charge < -0.3 is 19.1 Å². The van der Waals surface area contributed by atoms with Gasteiger partial charge in [-0.2, -0.15) is 0 Å². The van der Waals surface area contributed by atoms with Crippen molar-refractivity contribution in [3.8, 4) is 5.75 Å². The normalized spacial score (nSPS) is 26.9. The van der Waals surface area contributed by atoms with Crippen molar-refractivity contribution in [3.63, 3.8) is 0 Å². The highest BCUT2D eigenvalue weighted by Gasteiger charge is 2.41. The van der Waals surface area contributed by atoms with E-state index in [1.54, 1.807) is 14.2 Å². The molecule has 0 spiro atoms. The summed E-state index contributed by atoms with van der Waals surface area (Å²) in [5.41, 5.74) is 0.992. The number of nitrogens with zero attached hydrogens (tertiary/aromatic N) is 1. The molecular weight excluding hydrogens is 294 g/mol. The first kappa shape index (κ1) is 16.3. The highest BCUT2D eigenvalue weighted by molar-refractivity contribution is 5.79. The van der Waals surface area contributed by atoms with Gasteiger partial charge in [-0.1, -0.05) is 12.1 Å². The molecule has 0 N–H and O–H groups in total. The lowest BCUT2D eigenvalue weighted by Gasteiger charge is -2.35. The molecule has 0 aromatic heterocycles. The van der Waals surface area contributed by atoms with E-state index >= 15 is 0 Å². The topological polar surface area (TPSA) is 48.0 Å². The van der Waals surface area contributed by atoms with Gasteiger partial charge in [-0.15, -0.1) is 0 Å². The Bertz CT molecular complexity index is 548. The van der Waals surface area contributed by atoms with E-state index in [2.05, 4.69) is 0 Å². The van der Waals surface area contributed by atoms with Crippen LogP contribution in [0.15, 0.2) is 24.3 Å². The maximum atomic E-state index is 12.7. The van der Waals surface area contributed by atoms with Crippen LogP contribution in [-0.4, -0.2) is 56.4 Å². The van der Waals surface area contributed by atoms with E-state index in [1.165, 1.54) is 0 Å². The lowest BCUT2D eigenvalue weighted by Crippen LogP contribution is -2.46. The molecule has 1 aromatic rings. The van der Waals surface area contributed by atoms with E-state index in [-0.39, 0.29) is 24.2 Å². The SMILES string of the molecule is COC[C@@H]1CC[C@H]2[C@H](CCN2C(=O)Cc2cccc(OC)c2)O1. The summed E-state index contributed by atoms with van der Waals surface area (Å²) in [5.74, 6) is 0.970. The van der Waals surface area contributed by atoms with Gasteiger partial charge >= 0.3 is 0 Å². The molecule has 1 amide bonds. The van der Waals surface area contributed by atoms with Crippen LogP contribution in [0.2, 0.25) is 0 Å². The van der Waals surface area contributed by atoms with Gasteiger partial charge in [0.25, 0.3) is 0 Å². The third-order valence-electron chi connectivity index (χ3n) is 4.80. The second-order valence-corrected chi connectivity index (χ2v) is 6.30. The minimum absolute atomic E-state index is 0.165. The van der Waals surface area contributed by atoms with Crippen molar-refractivity contribution in [1.29, 1.82) is 0 Å². The number of rotatable bonds is 5. The van der Waals surface area contributed by atoms with E-state index in [0.29, 0.717) is 13.0 Å². The number of hydrogen-bond acceptors (Lipinski definition) is 4. The fourth-order valence-electron chi connectivity index (χ4n) is 3.67. The Morgan fingerprint density at radius 2 is 2.17 bits per heavy atom. The van der Waals surface area contributed by atoms with E-state index in [1.807, 2.05) is 29.2 Å². The molecule has 0 bridgehead atoms. The first-order chi connectivity index (χ1) is 11.2. The van der Waals surface area contributed by atoms with Crippen LogP contribution in [-0.2, 0) is 20.7 Å². The number of amides is 1. The van der Waals surface area contributed by atoms with Gasteiger partial charge in [0.15, 0.2) is 0 Å². The van der Waals surface area contributed by atoms with Crippen LogP contribution < -0.4 is 4.74 Å². The Balaban J connectivity index is 1.60. The molecule has 3 atom stereocenters. The number of benzene rings is 1. The Morgan fingerprint density at radius 1 is 1.30 bits per heavy atom. The molecule has 5 nitrogen and oxygen atoms in total. The summed E-state index contributed by atoms with van der Waals surface area (Å²) >= 11 is 0. The molecule has 5 heteroatoms. The Hall–Kier alpha value is -1.59. The lowest BCUT2D eigenvalue weighted by atomic mass is 9.99. The fraction of sp³-hybridized carbons (Fsp3) is 0.611. The largest absolute Gasteiger partial charge is 0.497 e.